The van der Waals surface area contributed by atoms with Gasteiger partial charge in [0.05, 0.1) is 0 Å². The molecular weight excluding hydrogens is 260 g/mol. The molecule has 2 heterocycles. The van der Waals surface area contributed by atoms with Crippen molar-refractivity contribution in [3.8, 4) is 0 Å². The van der Waals surface area contributed by atoms with Gasteiger partial charge in [-0.25, -0.2) is 0 Å². The van der Waals surface area contributed by atoms with Gasteiger partial charge >= 0.3 is 0 Å². The van der Waals surface area contributed by atoms with Crippen molar-refractivity contribution < 1.29 is 4.79 Å². The van der Waals surface area contributed by atoms with Crippen LogP contribution < -0.4 is 5.32 Å². The molecule has 1 amide bonds. The molecular formula is C15H21ClN2O. The predicted molar refractivity (Wildman–Crippen MR) is 78.8 cm³/mol. The fourth-order valence-corrected chi connectivity index (χ4v) is 3.19. The van der Waals surface area contributed by atoms with Gasteiger partial charge in [-0.05, 0) is 44.4 Å². The number of rotatable bonds is 1. The number of hydrogen-bond acceptors (Lipinski definition) is 2. The Balaban J connectivity index is 0.00000133. The minimum Gasteiger partial charge on any atom is -0.338 e. The number of benzene rings is 1. The Morgan fingerprint density at radius 1 is 1.37 bits per heavy atom. The van der Waals surface area contributed by atoms with Crippen LogP contribution in [0.15, 0.2) is 24.3 Å². The molecule has 0 radical (unpaired) electrons. The summed E-state index contributed by atoms with van der Waals surface area (Å²) in [7, 11) is 0. The van der Waals surface area contributed by atoms with Crippen molar-refractivity contribution in [3.63, 3.8) is 0 Å². The van der Waals surface area contributed by atoms with E-state index in [1.165, 1.54) is 6.42 Å². The zero-order valence-corrected chi connectivity index (χ0v) is 12.1. The Bertz CT molecular complexity index is 463. The number of amides is 1. The van der Waals surface area contributed by atoms with E-state index in [1.807, 2.05) is 36.1 Å². The predicted octanol–water partition coefficient (Wildman–Crippen LogP) is 2.24. The third kappa shape index (κ3) is 2.93. The number of piperidine rings is 1. The summed E-state index contributed by atoms with van der Waals surface area (Å²) in [6, 6.07) is 8.55. The van der Waals surface area contributed by atoms with Gasteiger partial charge in [-0.1, -0.05) is 17.7 Å². The first-order chi connectivity index (χ1) is 8.74. The second kappa shape index (κ2) is 5.93. The number of likely N-dealkylation sites (tertiary alicyclic amines) is 1. The number of hydrogen-bond donors (Lipinski definition) is 1. The van der Waals surface area contributed by atoms with E-state index < -0.39 is 0 Å². The van der Waals surface area contributed by atoms with E-state index in [2.05, 4.69) is 5.32 Å². The third-order valence-corrected chi connectivity index (χ3v) is 4.21. The summed E-state index contributed by atoms with van der Waals surface area (Å²) in [4.78, 5) is 14.5. The Labute approximate surface area is 120 Å². The first-order valence-electron chi connectivity index (χ1n) is 6.83. The molecule has 1 aromatic carbocycles. The van der Waals surface area contributed by atoms with Crippen LogP contribution in [0.2, 0.25) is 0 Å². The lowest BCUT2D eigenvalue weighted by Gasteiger charge is -2.35. The summed E-state index contributed by atoms with van der Waals surface area (Å²) < 4.78 is 0. The first-order valence-corrected chi connectivity index (χ1v) is 6.83. The highest BCUT2D eigenvalue weighted by Gasteiger charge is 2.34. The molecule has 0 aromatic heterocycles. The van der Waals surface area contributed by atoms with E-state index in [4.69, 9.17) is 0 Å². The summed E-state index contributed by atoms with van der Waals surface area (Å²) in [6.45, 7) is 4.96. The van der Waals surface area contributed by atoms with Gasteiger partial charge in [0.2, 0.25) is 0 Å². The molecule has 3 nitrogen and oxygen atoms in total. The average molecular weight is 281 g/mol. The van der Waals surface area contributed by atoms with Crippen molar-refractivity contribution in [2.45, 2.75) is 25.8 Å². The number of fused-ring (bicyclic) bond motifs is 1. The summed E-state index contributed by atoms with van der Waals surface area (Å²) >= 11 is 0. The highest BCUT2D eigenvalue weighted by atomic mass is 35.5. The zero-order chi connectivity index (χ0) is 12.5. The second-order valence-electron chi connectivity index (χ2n) is 5.52. The van der Waals surface area contributed by atoms with Gasteiger partial charge in [0, 0.05) is 24.7 Å². The summed E-state index contributed by atoms with van der Waals surface area (Å²) in [5.74, 6) is 0.858. The van der Waals surface area contributed by atoms with E-state index in [0.717, 1.165) is 37.2 Å². The molecule has 0 saturated carbocycles. The van der Waals surface area contributed by atoms with E-state index in [0.29, 0.717) is 12.0 Å². The maximum absolute atomic E-state index is 12.4. The molecule has 0 aliphatic carbocycles. The Hall–Kier alpha value is -1.06. The average Bonchev–Trinajstić information content (AvgIpc) is 2.85. The van der Waals surface area contributed by atoms with E-state index in [1.54, 1.807) is 0 Å². The molecule has 3 rings (SSSR count). The summed E-state index contributed by atoms with van der Waals surface area (Å²) in [5, 5.41) is 3.53. The van der Waals surface area contributed by atoms with Crippen molar-refractivity contribution in [1.82, 2.24) is 10.2 Å². The standard InChI is InChI=1S/C15H20N2O.ClH/c1-11-3-2-4-12(9-11)15(18)17-8-6-14-13(10-17)5-7-16-14;/h2-4,9,13-14,16H,5-8,10H2,1H3;1H. The van der Waals surface area contributed by atoms with E-state index >= 15 is 0 Å². The van der Waals surface area contributed by atoms with Crippen molar-refractivity contribution in [2.75, 3.05) is 19.6 Å². The minimum atomic E-state index is 0. The van der Waals surface area contributed by atoms with Crippen LogP contribution in [0.4, 0.5) is 0 Å². The lowest BCUT2D eigenvalue weighted by molar-refractivity contribution is 0.0662. The van der Waals surface area contributed by atoms with Crippen molar-refractivity contribution in [3.05, 3.63) is 35.4 Å². The van der Waals surface area contributed by atoms with Crippen molar-refractivity contribution in [2.24, 2.45) is 5.92 Å². The molecule has 2 aliphatic heterocycles. The number of carbonyl (C=O) groups is 1. The first kappa shape index (κ1) is 14.4. The number of nitrogens with one attached hydrogen (secondary N) is 1. The highest BCUT2D eigenvalue weighted by Crippen LogP contribution is 2.25. The molecule has 0 spiro atoms. The van der Waals surface area contributed by atoms with Crippen LogP contribution in [0, 0.1) is 12.8 Å². The van der Waals surface area contributed by atoms with Crippen LogP contribution >= 0.6 is 12.4 Å². The zero-order valence-electron chi connectivity index (χ0n) is 11.3. The van der Waals surface area contributed by atoms with Crippen LogP contribution in [0.3, 0.4) is 0 Å². The van der Waals surface area contributed by atoms with Crippen LogP contribution in [0.1, 0.15) is 28.8 Å². The SMILES string of the molecule is Cc1cccc(C(=O)N2CCC3NCCC3C2)c1.Cl. The van der Waals surface area contributed by atoms with E-state index in [-0.39, 0.29) is 18.3 Å². The van der Waals surface area contributed by atoms with Crippen LogP contribution in [0.5, 0.6) is 0 Å². The lowest BCUT2D eigenvalue weighted by atomic mass is 9.93. The molecule has 4 heteroatoms. The lowest BCUT2D eigenvalue weighted by Crippen LogP contribution is -2.46. The van der Waals surface area contributed by atoms with Crippen LogP contribution in [-0.2, 0) is 0 Å². The molecule has 19 heavy (non-hydrogen) atoms. The number of halogens is 1. The second-order valence-corrected chi connectivity index (χ2v) is 5.52. The molecule has 1 aromatic rings. The van der Waals surface area contributed by atoms with Crippen LogP contribution in [0.25, 0.3) is 0 Å². The van der Waals surface area contributed by atoms with Crippen LogP contribution in [-0.4, -0.2) is 36.5 Å². The Kier molecular flexibility index (Phi) is 4.48. The number of carbonyl (C=O) groups excluding carboxylic acids is 1. The molecule has 2 fully saturated rings. The van der Waals surface area contributed by atoms with Gasteiger partial charge in [-0.2, -0.15) is 0 Å². The maximum atomic E-state index is 12.4. The number of nitrogens with zero attached hydrogens (tertiary/aromatic N) is 1. The molecule has 104 valence electrons. The third-order valence-electron chi connectivity index (χ3n) is 4.21. The molecule has 2 unspecified atom stereocenters. The Morgan fingerprint density at radius 3 is 3.00 bits per heavy atom. The topological polar surface area (TPSA) is 32.3 Å². The molecule has 0 bridgehead atoms. The Morgan fingerprint density at radius 2 is 2.21 bits per heavy atom. The fourth-order valence-electron chi connectivity index (χ4n) is 3.19. The smallest absolute Gasteiger partial charge is 0.253 e. The van der Waals surface area contributed by atoms with E-state index in [9.17, 15) is 4.79 Å². The van der Waals surface area contributed by atoms with Gasteiger partial charge < -0.3 is 10.2 Å². The van der Waals surface area contributed by atoms with Gasteiger partial charge in [-0.15, -0.1) is 12.4 Å². The van der Waals surface area contributed by atoms with Crippen molar-refractivity contribution in [1.29, 1.82) is 0 Å². The van der Waals surface area contributed by atoms with Gasteiger partial charge in [-0.3, -0.25) is 4.79 Å². The largest absolute Gasteiger partial charge is 0.338 e. The monoisotopic (exact) mass is 280 g/mol. The van der Waals surface area contributed by atoms with Gasteiger partial charge in [0.15, 0.2) is 0 Å². The molecule has 2 aliphatic rings. The van der Waals surface area contributed by atoms with Crippen molar-refractivity contribution >= 4 is 18.3 Å². The fraction of sp³-hybridized carbons (Fsp3) is 0.533. The summed E-state index contributed by atoms with van der Waals surface area (Å²) in [6.07, 6.45) is 2.31. The summed E-state index contributed by atoms with van der Waals surface area (Å²) in [5.41, 5.74) is 1.98. The van der Waals surface area contributed by atoms with Gasteiger partial charge in [0.25, 0.3) is 5.91 Å². The highest BCUT2D eigenvalue weighted by molar-refractivity contribution is 5.94. The quantitative estimate of drug-likeness (QED) is 0.856. The normalized spacial score (nSPS) is 25.6. The molecule has 2 saturated heterocycles. The van der Waals surface area contributed by atoms with Gasteiger partial charge in [0.1, 0.15) is 0 Å². The number of aryl methyl sites for hydroxylation is 1. The molecule has 1 N–H and O–H groups in total. The molecule has 2 atom stereocenters. The minimum absolute atomic E-state index is 0. The maximum Gasteiger partial charge on any atom is 0.253 e.